The number of nitrogens with one attached hydrogen (secondary N) is 1. The predicted octanol–water partition coefficient (Wildman–Crippen LogP) is 3.25. The standard InChI is InChI=1S/C22H25N5O2S/c1-13(2)16-7-5-15(6-8-16)11-23-24-19(28)12-27-22(29)20-17-9-4-14(3)10-18(17)30-21(20)25-26-27/h5-8,11,13-14H,4,9-10,12H2,1-3H3,(H,24,28)/t14-/m1/s1. The molecule has 0 radical (unpaired) electrons. The van der Waals surface area contributed by atoms with Crippen LogP contribution in [-0.4, -0.2) is 27.1 Å². The van der Waals surface area contributed by atoms with Gasteiger partial charge in [0.05, 0.1) is 11.6 Å². The van der Waals surface area contributed by atoms with Gasteiger partial charge in [0.1, 0.15) is 6.54 Å². The van der Waals surface area contributed by atoms with E-state index in [0.717, 1.165) is 35.1 Å². The van der Waals surface area contributed by atoms with Crippen LogP contribution >= 0.6 is 11.3 Å². The minimum Gasteiger partial charge on any atom is -0.271 e. The van der Waals surface area contributed by atoms with Gasteiger partial charge in [-0.2, -0.15) is 5.10 Å². The monoisotopic (exact) mass is 423 g/mol. The van der Waals surface area contributed by atoms with Gasteiger partial charge in [-0.15, -0.1) is 16.4 Å². The number of amides is 1. The van der Waals surface area contributed by atoms with Gasteiger partial charge >= 0.3 is 0 Å². The van der Waals surface area contributed by atoms with Crippen molar-refractivity contribution in [3.8, 4) is 0 Å². The molecule has 156 valence electrons. The van der Waals surface area contributed by atoms with Gasteiger partial charge in [0.25, 0.3) is 11.5 Å². The average molecular weight is 424 g/mol. The molecule has 7 nitrogen and oxygen atoms in total. The number of benzene rings is 1. The lowest BCUT2D eigenvalue weighted by molar-refractivity contribution is -0.121. The number of hydrogen-bond acceptors (Lipinski definition) is 6. The Hall–Kier alpha value is -2.87. The Labute approximate surface area is 178 Å². The molecule has 4 rings (SSSR count). The second-order valence-corrected chi connectivity index (χ2v) is 9.28. The van der Waals surface area contributed by atoms with Crippen LogP contribution in [0.3, 0.4) is 0 Å². The largest absolute Gasteiger partial charge is 0.279 e. The predicted molar refractivity (Wildman–Crippen MR) is 119 cm³/mol. The van der Waals surface area contributed by atoms with E-state index in [4.69, 9.17) is 0 Å². The highest BCUT2D eigenvalue weighted by Gasteiger charge is 2.24. The van der Waals surface area contributed by atoms with E-state index in [0.29, 0.717) is 22.1 Å². The molecule has 2 aromatic heterocycles. The molecule has 8 heteroatoms. The van der Waals surface area contributed by atoms with Crippen molar-refractivity contribution in [3.63, 3.8) is 0 Å². The van der Waals surface area contributed by atoms with Crippen LogP contribution in [0.1, 0.15) is 54.7 Å². The van der Waals surface area contributed by atoms with Crippen molar-refractivity contribution >= 4 is 33.7 Å². The van der Waals surface area contributed by atoms with E-state index in [9.17, 15) is 9.59 Å². The summed E-state index contributed by atoms with van der Waals surface area (Å²) in [5.74, 6) is 0.661. The summed E-state index contributed by atoms with van der Waals surface area (Å²) < 4.78 is 1.12. The minimum atomic E-state index is -0.418. The van der Waals surface area contributed by atoms with Gasteiger partial charge in [-0.25, -0.2) is 10.1 Å². The number of fused-ring (bicyclic) bond motifs is 3. The Morgan fingerprint density at radius 2 is 2.13 bits per heavy atom. The number of nitrogens with zero attached hydrogens (tertiary/aromatic N) is 4. The topological polar surface area (TPSA) is 89.2 Å². The number of carbonyl (C=O) groups is 1. The molecule has 2 heterocycles. The zero-order valence-corrected chi connectivity index (χ0v) is 18.2. The fourth-order valence-electron chi connectivity index (χ4n) is 3.71. The Morgan fingerprint density at radius 1 is 1.37 bits per heavy atom. The molecule has 1 aliphatic rings. The number of rotatable bonds is 5. The van der Waals surface area contributed by atoms with Crippen LogP contribution < -0.4 is 11.0 Å². The van der Waals surface area contributed by atoms with Crippen molar-refractivity contribution in [1.29, 1.82) is 0 Å². The molecule has 1 aliphatic carbocycles. The maximum atomic E-state index is 12.9. The van der Waals surface area contributed by atoms with Crippen molar-refractivity contribution in [2.24, 2.45) is 11.0 Å². The minimum absolute atomic E-state index is 0.216. The zero-order valence-electron chi connectivity index (χ0n) is 17.4. The van der Waals surface area contributed by atoms with Crippen LogP contribution in [0.25, 0.3) is 10.2 Å². The van der Waals surface area contributed by atoms with E-state index < -0.39 is 5.91 Å². The number of carbonyl (C=O) groups excluding carboxylic acids is 1. The Balaban J connectivity index is 1.45. The maximum Gasteiger partial charge on any atom is 0.279 e. The van der Waals surface area contributed by atoms with Gasteiger partial charge in [-0.05, 0) is 47.8 Å². The van der Waals surface area contributed by atoms with Crippen molar-refractivity contribution < 1.29 is 4.79 Å². The molecule has 0 spiro atoms. The van der Waals surface area contributed by atoms with Crippen LogP contribution in [0.2, 0.25) is 0 Å². The van der Waals surface area contributed by atoms with Crippen LogP contribution in [0.5, 0.6) is 0 Å². The normalized spacial score (nSPS) is 16.3. The maximum absolute atomic E-state index is 12.9. The molecule has 0 bridgehead atoms. The van der Waals surface area contributed by atoms with Crippen LogP contribution in [0, 0.1) is 5.92 Å². The molecular weight excluding hydrogens is 398 g/mol. The summed E-state index contributed by atoms with van der Waals surface area (Å²) in [5.41, 5.74) is 5.42. The third-order valence-corrected chi connectivity index (χ3v) is 6.62. The number of thiophene rings is 1. The molecule has 0 fully saturated rings. The summed E-state index contributed by atoms with van der Waals surface area (Å²) in [7, 11) is 0. The Bertz CT molecular complexity index is 1160. The summed E-state index contributed by atoms with van der Waals surface area (Å²) in [4.78, 5) is 27.1. The molecule has 1 N–H and O–H groups in total. The number of aromatic nitrogens is 3. The second-order valence-electron chi connectivity index (χ2n) is 8.20. The van der Waals surface area contributed by atoms with Crippen molar-refractivity contribution in [1.82, 2.24) is 20.4 Å². The Kier molecular flexibility index (Phi) is 5.76. The lowest BCUT2D eigenvalue weighted by atomic mass is 9.89. The Morgan fingerprint density at radius 3 is 2.87 bits per heavy atom. The van der Waals surface area contributed by atoms with Crippen LogP contribution in [0.15, 0.2) is 34.2 Å². The summed E-state index contributed by atoms with van der Waals surface area (Å²) in [6.45, 7) is 6.28. The molecule has 1 aromatic carbocycles. The highest BCUT2D eigenvalue weighted by atomic mass is 32.1. The second kappa shape index (κ2) is 8.47. The molecule has 0 aliphatic heterocycles. The first-order valence-electron chi connectivity index (χ1n) is 10.2. The van der Waals surface area contributed by atoms with E-state index in [1.54, 1.807) is 17.6 Å². The van der Waals surface area contributed by atoms with Crippen LogP contribution in [0.4, 0.5) is 0 Å². The fourth-order valence-corrected chi connectivity index (χ4v) is 5.03. The number of aryl methyl sites for hydroxylation is 1. The van der Waals surface area contributed by atoms with Gasteiger partial charge in [-0.1, -0.05) is 50.3 Å². The number of hydrazone groups is 1. The quantitative estimate of drug-likeness (QED) is 0.504. The van der Waals surface area contributed by atoms with E-state index in [2.05, 4.69) is 41.6 Å². The lowest BCUT2D eigenvalue weighted by Gasteiger charge is -2.17. The average Bonchev–Trinajstić information content (AvgIpc) is 3.08. The van der Waals surface area contributed by atoms with E-state index in [1.165, 1.54) is 10.4 Å². The van der Waals surface area contributed by atoms with Crippen molar-refractivity contribution in [3.05, 3.63) is 56.2 Å². The van der Waals surface area contributed by atoms with Gasteiger partial charge in [0.2, 0.25) is 0 Å². The lowest BCUT2D eigenvalue weighted by Crippen LogP contribution is -2.32. The number of hydrogen-bond donors (Lipinski definition) is 1. The first-order valence-corrected chi connectivity index (χ1v) is 11.0. The molecule has 0 saturated carbocycles. The SMILES string of the molecule is CC(C)c1ccc(C=NNC(=O)Cn2nnc3sc4c(c3c2=O)CC[C@@H](C)C4)cc1. The van der Waals surface area contributed by atoms with E-state index in [-0.39, 0.29) is 12.1 Å². The fraction of sp³-hybridized carbons (Fsp3) is 0.409. The molecule has 1 amide bonds. The van der Waals surface area contributed by atoms with Crippen molar-refractivity contribution in [2.75, 3.05) is 0 Å². The molecule has 0 unspecified atom stereocenters. The van der Waals surface area contributed by atoms with Gasteiger partial charge in [0, 0.05) is 4.88 Å². The summed E-state index contributed by atoms with van der Waals surface area (Å²) in [5, 5.41) is 12.8. The smallest absolute Gasteiger partial charge is 0.271 e. The highest BCUT2D eigenvalue weighted by molar-refractivity contribution is 7.18. The van der Waals surface area contributed by atoms with Gasteiger partial charge in [0.15, 0.2) is 4.83 Å². The highest BCUT2D eigenvalue weighted by Crippen LogP contribution is 2.35. The summed E-state index contributed by atoms with van der Waals surface area (Å²) >= 11 is 1.55. The van der Waals surface area contributed by atoms with E-state index >= 15 is 0 Å². The van der Waals surface area contributed by atoms with Gasteiger partial charge in [-0.3, -0.25) is 9.59 Å². The van der Waals surface area contributed by atoms with Crippen molar-refractivity contribution in [2.45, 2.75) is 52.5 Å². The third kappa shape index (κ3) is 4.18. The molecule has 0 saturated heterocycles. The molecule has 1 atom stereocenters. The van der Waals surface area contributed by atoms with Gasteiger partial charge < -0.3 is 0 Å². The summed E-state index contributed by atoms with van der Waals surface area (Å²) in [6.07, 6.45) is 4.50. The third-order valence-electron chi connectivity index (χ3n) is 5.48. The van der Waals surface area contributed by atoms with E-state index in [1.807, 2.05) is 24.3 Å². The zero-order chi connectivity index (χ0) is 21.3. The molecular formula is C22H25N5O2S. The van der Waals surface area contributed by atoms with Crippen LogP contribution in [-0.2, 0) is 24.2 Å². The summed E-state index contributed by atoms with van der Waals surface area (Å²) in [6, 6.07) is 7.99. The first kappa shape index (κ1) is 20.4. The molecule has 30 heavy (non-hydrogen) atoms. The first-order chi connectivity index (χ1) is 14.4. The molecule has 3 aromatic rings.